The molecule has 0 saturated heterocycles. The zero-order valence-electron chi connectivity index (χ0n) is 16.0. The van der Waals surface area contributed by atoms with Crippen LogP contribution < -0.4 is 5.32 Å². The number of para-hydroxylation sites is 1. The maximum atomic E-state index is 12.9. The van der Waals surface area contributed by atoms with E-state index in [9.17, 15) is 4.79 Å². The molecule has 1 unspecified atom stereocenters. The number of hydrogen-bond acceptors (Lipinski definition) is 4. The first-order valence-electron chi connectivity index (χ1n) is 9.76. The maximum Gasteiger partial charge on any atom is 0.237 e. The normalized spacial score (nSPS) is 14.8. The predicted octanol–water partition coefficient (Wildman–Crippen LogP) is 4.79. The van der Waals surface area contributed by atoms with E-state index >= 15 is 0 Å². The van der Waals surface area contributed by atoms with Gasteiger partial charge in [-0.15, -0.1) is 10.2 Å². The highest BCUT2D eigenvalue weighted by molar-refractivity contribution is 8.00. The molecule has 6 heteroatoms. The highest BCUT2D eigenvalue weighted by atomic mass is 32.2. The minimum atomic E-state index is -0.264. The maximum absolute atomic E-state index is 12.9. The molecule has 144 valence electrons. The first-order valence-corrected chi connectivity index (χ1v) is 10.6. The fourth-order valence-electron chi connectivity index (χ4n) is 3.45. The Kier molecular flexibility index (Phi) is 5.76. The van der Waals surface area contributed by atoms with Gasteiger partial charge in [-0.2, -0.15) is 0 Å². The van der Waals surface area contributed by atoms with Crippen LogP contribution in [0, 0.1) is 0 Å². The molecular formula is C22H24N4OS. The average molecular weight is 393 g/mol. The first kappa shape index (κ1) is 18.7. The molecule has 0 spiro atoms. The minimum Gasteiger partial charge on any atom is -0.325 e. The van der Waals surface area contributed by atoms with Gasteiger partial charge in [0.15, 0.2) is 5.16 Å². The minimum absolute atomic E-state index is 0.0284. The van der Waals surface area contributed by atoms with Crippen molar-refractivity contribution in [3.8, 4) is 11.1 Å². The number of fused-ring (bicyclic) bond motifs is 1. The molecule has 2 heterocycles. The van der Waals surface area contributed by atoms with Gasteiger partial charge in [0.25, 0.3) is 0 Å². The molecule has 0 aliphatic carbocycles. The Hall–Kier alpha value is -2.60. The molecule has 1 aliphatic rings. The molecule has 1 aliphatic heterocycles. The lowest BCUT2D eigenvalue weighted by molar-refractivity contribution is -0.115. The van der Waals surface area contributed by atoms with Gasteiger partial charge in [0.2, 0.25) is 5.91 Å². The molecule has 4 rings (SSSR count). The van der Waals surface area contributed by atoms with E-state index in [4.69, 9.17) is 0 Å². The highest BCUT2D eigenvalue weighted by Crippen LogP contribution is 2.30. The smallest absolute Gasteiger partial charge is 0.237 e. The number of rotatable bonds is 5. The molecule has 0 saturated carbocycles. The number of nitrogens with one attached hydrogen (secondary N) is 1. The van der Waals surface area contributed by atoms with Gasteiger partial charge in [-0.1, -0.05) is 66.7 Å². The number of amides is 1. The zero-order chi connectivity index (χ0) is 19.3. The third kappa shape index (κ3) is 4.12. The third-order valence-corrected chi connectivity index (χ3v) is 6.08. The number of carbonyl (C=O) groups is 1. The second kappa shape index (κ2) is 8.61. The van der Waals surface area contributed by atoms with Crippen molar-refractivity contribution in [2.45, 2.75) is 49.6 Å². The monoisotopic (exact) mass is 392 g/mol. The number of aryl methyl sites for hydroxylation is 1. The molecule has 3 aromatic rings. The summed E-state index contributed by atoms with van der Waals surface area (Å²) in [4.78, 5) is 12.9. The molecule has 0 radical (unpaired) electrons. The molecule has 1 N–H and O–H groups in total. The van der Waals surface area contributed by atoms with Crippen molar-refractivity contribution in [2.24, 2.45) is 0 Å². The number of nitrogens with zero attached hydrogens (tertiary/aromatic N) is 3. The van der Waals surface area contributed by atoms with Gasteiger partial charge in [0, 0.05) is 24.2 Å². The van der Waals surface area contributed by atoms with E-state index in [1.165, 1.54) is 18.2 Å². The van der Waals surface area contributed by atoms with Gasteiger partial charge < -0.3 is 9.88 Å². The molecule has 0 bridgehead atoms. The summed E-state index contributed by atoms with van der Waals surface area (Å²) in [5.41, 5.74) is 2.93. The van der Waals surface area contributed by atoms with Gasteiger partial charge in [-0.25, -0.2) is 0 Å². The van der Waals surface area contributed by atoms with Crippen molar-refractivity contribution < 1.29 is 4.79 Å². The van der Waals surface area contributed by atoms with Gasteiger partial charge >= 0.3 is 0 Å². The first-order chi connectivity index (χ1) is 13.7. The van der Waals surface area contributed by atoms with E-state index in [0.717, 1.165) is 53.6 Å². The summed E-state index contributed by atoms with van der Waals surface area (Å²) in [7, 11) is 0. The van der Waals surface area contributed by atoms with Crippen molar-refractivity contribution >= 4 is 23.4 Å². The summed E-state index contributed by atoms with van der Waals surface area (Å²) in [5.74, 6) is 1.02. The second-order valence-corrected chi connectivity index (χ2v) is 8.33. The molecule has 1 amide bonds. The number of benzene rings is 2. The third-order valence-electron chi connectivity index (χ3n) is 5.00. The van der Waals surface area contributed by atoms with Crippen LogP contribution in [0.2, 0.25) is 0 Å². The van der Waals surface area contributed by atoms with Crippen LogP contribution in [0.1, 0.15) is 32.0 Å². The number of aromatic nitrogens is 3. The fraction of sp³-hybridized carbons (Fsp3) is 0.318. The van der Waals surface area contributed by atoms with E-state index in [1.807, 2.05) is 49.4 Å². The van der Waals surface area contributed by atoms with Crippen LogP contribution in [0.25, 0.3) is 11.1 Å². The Balaban J connectivity index is 1.48. The number of anilines is 1. The lowest BCUT2D eigenvalue weighted by Gasteiger charge is -2.15. The SMILES string of the molecule is CC(Sc1nnc2n1CCCCC2)C(=O)Nc1ccccc1-c1ccccc1. The average Bonchev–Trinajstić information content (AvgIpc) is 2.95. The van der Waals surface area contributed by atoms with Gasteiger partial charge in [0.05, 0.1) is 5.25 Å². The topological polar surface area (TPSA) is 59.8 Å². The van der Waals surface area contributed by atoms with Crippen LogP contribution in [0.5, 0.6) is 0 Å². The highest BCUT2D eigenvalue weighted by Gasteiger charge is 2.21. The van der Waals surface area contributed by atoms with Gasteiger partial charge in [0.1, 0.15) is 5.82 Å². The number of carbonyl (C=O) groups excluding carboxylic acids is 1. The summed E-state index contributed by atoms with van der Waals surface area (Å²) in [6.07, 6.45) is 4.50. The molecule has 28 heavy (non-hydrogen) atoms. The Bertz CT molecular complexity index is 954. The predicted molar refractivity (Wildman–Crippen MR) is 113 cm³/mol. The van der Waals surface area contributed by atoms with Crippen LogP contribution in [-0.4, -0.2) is 25.9 Å². The van der Waals surface area contributed by atoms with Gasteiger partial charge in [-0.3, -0.25) is 4.79 Å². The van der Waals surface area contributed by atoms with Crippen molar-refractivity contribution in [1.29, 1.82) is 0 Å². The van der Waals surface area contributed by atoms with Crippen molar-refractivity contribution in [1.82, 2.24) is 14.8 Å². The van der Waals surface area contributed by atoms with E-state index in [1.54, 1.807) is 0 Å². The zero-order valence-corrected chi connectivity index (χ0v) is 16.8. The largest absolute Gasteiger partial charge is 0.325 e. The molecular weight excluding hydrogens is 368 g/mol. The van der Waals surface area contributed by atoms with E-state index in [0.29, 0.717) is 0 Å². The lowest BCUT2D eigenvalue weighted by atomic mass is 10.0. The Morgan fingerprint density at radius 1 is 1.04 bits per heavy atom. The Morgan fingerprint density at radius 2 is 1.82 bits per heavy atom. The van der Waals surface area contributed by atoms with Crippen LogP contribution in [-0.2, 0) is 17.8 Å². The Labute approximate surface area is 169 Å². The standard InChI is InChI=1S/C22H24N4OS/c1-16(28-22-25-24-20-14-6-3-9-15-26(20)22)21(27)23-19-13-8-7-12-18(19)17-10-4-2-5-11-17/h2,4-5,7-8,10-13,16H,3,6,9,14-15H2,1H3,(H,23,27). The lowest BCUT2D eigenvalue weighted by Crippen LogP contribution is -2.23. The van der Waals surface area contributed by atoms with Crippen LogP contribution in [0.3, 0.4) is 0 Å². The summed E-state index contributed by atoms with van der Waals surface area (Å²) in [5, 5.41) is 12.3. The summed E-state index contributed by atoms with van der Waals surface area (Å²) >= 11 is 1.48. The Morgan fingerprint density at radius 3 is 2.68 bits per heavy atom. The van der Waals surface area contributed by atoms with E-state index < -0.39 is 0 Å². The molecule has 1 atom stereocenters. The summed E-state index contributed by atoms with van der Waals surface area (Å²) in [6.45, 7) is 2.86. The van der Waals surface area contributed by atoms with Crippen molar-refractivity contribution in [3.05, 3.63) is 60.4 Å². The summed E-state index contributed by atoms with van der Waals surface area (Å²) in [6, 6.07) is 18.0. The number of hydrogen-bond donors (Lipinski definition) is 1. The molecule has 5 nitrogen and oxygen atoms in total. The quantitative estimate of drug-likeness (QED) is 0.634. The van der Waals surface area contributed by atoms with Gasteiger partial charge in [-0.05, 0) is 31.4 Å². The number of thioether (sulfide) groups is 1. The summed E-state index contributed by atoms with van der Waals surface area (Å²) < 4.78 is 2.18. The molecule has 1 aromatic heterocycles. The second-order valence-electron chi connectivity index (χ2n) is 7.02. The van der Waals surface area contributed by atoms with Crippen LogP contribution in [0.15, 0.2) is 59.8 Å². The van der Waals surface area contributed by atoms with E-state index in [-0.39, 0.29) is 11.2 Å². The van der Waals surface area contributed by atoms with E-state index in [2.05, 4.69) is 32.2 Å². The molecule has 0 fully saturated rings. The van der Waals surface area contributed by atoms with Crippen molar-refractivity contribution in [3.63, 3.8) is 0 Å². The van der Waals surface area contributed by atoms with Crippen LogP contribution in [0.4, 0.5) is 5.69 Å². The molecule has 2 aromatic carbocycles. The van der Waals surface area contributed by atoms with Crippen molar-refractivity contribution in [2.75, 3.05) is 5.32 Å². The fourth-order valence-corrected chi connectivity index (χ4v) is 4.35. The van der Waals surface area contributed by atoms with Crippen LogP contribution >= 0.6 is 11.8 Å².